The number of carbonyl (C=O) groups is 3. The fourth-order valence-corrected chi connectivity index (χ4v) is 11.3. The lowest BCUT2D eigenvalue weighted by atomic mass is 10.0. The van der Waals surface area contributed by atoms with Crippen LogP contribution in [0.15, 0.2) is 85.1 Å². The molecular formula is C82H148NO8+. The molecule has 91 heavy (non-hydrogen) atoms. The van der Waals surface area contributed by atoms with E-state index in [2.05, 4.69) is 98.9 Å². The Morgan fingerprint density at radius 2 is 0.626 bits per heavy atom. The molecule has 0 saturated carbocycles. The van der Waals surface area contributed by atoms with Crippen molar-refractivity contribution >= 4 is 17.9 Å². The summed E-state index contributed by atoms with van der Waals surface area (Å²) in [6, 6.07) is 0. The van der Waals surface area contributed by atoms with E-state index in [-0.39, 0.29) is 32.2 Å². The molecule has 2 atom stereocenters. The largest absolute Gasteiger partial charge is 0.477 e. The first-order valence-electron chi connectivity index (χ1n) is 38.8. The van der Waals surface area contributed by atoms with Crippen molar-refractivity contribution in [2.75, 3.05) is 47.5 Å². The highest BCUT2D eigenvalue weighted by Gasteiger charge is 2.25. The van der Waals surface area contributed by atoms with Crippen LogP contribution in [0, 0.1) is 0 Å². The van der Waals surface area contributed by atoms with E-state index in [4.69, 9.17) is 18.9 Å². The number of aliphatic carboxylic acids is 1. The van der Waals surface area contributed by atoms with Gasteiger partial charge in [-0.05, 0) is 89.9 Å². The Labute approximate surface area is 563 Å². The number of hydrogen-bond acceptors (Lipinski definition) is 7. The summed E-state index contributed by atoms with van der Waals surface area (Å²) in [5, 5.41) is 9.76. The Morgan fingerprint density at radius 3 is 0.934 bits per heavy atom. The molecule has 528 valence electrons. The normalized spacial score (nSPS) is 13.1. The number of esters is 2. The van der Waals surface area contributed by atoms with Crippen molar-refractivity contribution in [1.82, 2.24) is 0 Å². The van der Waals surface area contributed by atoms with Gasteiger partial charge in [0.1, 0.15) is 13.2 Å². The Hall–Kier alpha value is -3.53. The van der Waals surface area contributed by atoms with Crippen molar-refractivity contribution in [3.63, 3.8) is 0 Å². The van der Waals surface area contributed by atoms with Gasteiger partial charge in [0.2, 0.25) is 0 Å². The van der Waals surface area contributed by atoms with Crippen molar-refractivity contribution in [1.29, 1.82) is 0 Å². The molecule has 0 aliphatic carbocycles. The molecule has 0 fully saturated rings. The topological polar surface area (TPSA) is 108 Å². The first-order valence-corrected chi connectivity index (χ1v) is 38.8. The summed E-state index contributed by atoms with van der Waals surface area (Å²) >= 11 is 0. The summed E-state index contributed by atoms with van der Waals surface area (Å²) in [5.41, 5.74) is 0. The molecule has 9 nitrogen and oxygen atoms in total. The van der Waals surface area contributed by atoms with E-state index < -0.39 is 24.3 Å². The molecule has 0 aromatic rings. The maximum atomic E-state index is 13.0. The van der Waals surface area contributed by atoms with Crippen molar-refractivity contribution in [2.24, 2.45) is 0 Å². The molecule has 0 radical (unpaired) electrons. The van der Waals surface area contributed by atoms with Crippen LogP contribution in [0.1, 0.15) is 361 Å². The van der Waals surface area contributed by atoms with Crippen LogP contribution in [0.2, 0.25) is 0 Å². The van der Waals surface area contributed by atoms with Gasteiger partial charge in [0.05, 0.1) is 34.4 Å². The molecule has 0 amide bonds. The number of unbranched alkanes of at least 4 members (excludes halogenated alkanes) is 43. The summed E-state index contributed by atoms with van der Waals surface area (Å²) < 4.78 is 23.0. The number of nitrogens with zero attached hydrogens (tertiary/aromatic N) is 1. The molecule has 0 aliphatic rings. The van der Waals surface area contributed by atoms with Crippen LogP contribution >= 0.6 is 0 Å². The van der Waals surface area contributed by atoms with E-state index in [0.29, 0.717) is 17.4 Å². The molecule has 2 unspecified atom stereocenters. The number of quaternary nitrogens is 1. The van der Waals surface area contributed by atoms with E-state index >= 15 is 0 Å². The average Bonchev–Trinajstić information content (AvgIpc) is 3.46. The zero-order valence-corrected chi connectivity index (χ0v) is 60.5. The van der Waals surface area contributed by atoms with Crippen LogP contribution in [0.25, 0.3) is 0 Å². The van der Waals surface area contributed by atoms with Gasteiger partial charge in [0.25, 0.3) is 6.29 Å². The van der Waals surface area contributed by atoms with Crippen LogP contribution in [0.4, 0.5) is 0 Å². The van der Waals surface area contributed by atoms with Crippen molar-refractivity contribution in [2.45, 2.75) is 373 Å². The van der Waals surface area contributed by atoms with Gasteiger partial charge in [0, 0.05) is 12.8 Å². The summed E-state index contributed by atoms with van der Waals surface area (Å²) in [6.45, 7) is 4.80. The van der Waals surface area contributed by atoms with Crippen LogP contribution in [0.5, 0.6) is 0 Å². The number of allylic oxidation sites excluding steroid dienone is 14. The highest BCUT2D eigenvalue weighted by molar-refractivity contribution is 5.71. The summed E-state index contributed by atoms with van der Waals surface area (Å²) in [7, 11) is 5.99. The molecule has 0 rings (SSSR count). The molecule has 0 spiro atoms. The van der Waals surface area contributed by atoms with Crippen LogP contribution in [-0.2, 0) is 33.3 Å². The van der Waals surface area contributed by atoms with Crippen molar-refractivity contribution < 1.29 is 42.9 Å². The number of rotatable bonds is 72. The van der Waals surface area contributed by atoms with Crippen LogP contribution in [0.3, 0.4) is 0 Å². The summed E-state index contributed by atoms with van der Waals surface area (Å²) in [6.07, 6.45) is 95.9. The third kappa shape index (κ3) is 73.7. The van der Waals surface area contributed by atoms with Gasteiger partial charge < -0.3 is 28.5 Å². The zero-order chi connectivity index (χ0) is 66.1. The molecule has 0 saturated heterocycles. The third-order valence-electron chi connectivity index (χ3n) is 17.1. The smallest absolute Gasteiger partial charge is 0.361 e. The van der Waals surface area contributed by atoms with Crippen LogP contribution < -0.4 is 0 Å². The molecule has 0 heterocycles. The SMILES string of the molecule is CC/C=C\C/C=C\C/C=C\C/C=C\CCCCCCCCCCCCCCC(=O)OC(COC(=O)CCCCCCCCCCCCCCCCCCCCCCCCCCCC/C=C\C/C=C\C/C=C\CCCCCCC)COC(OCC[N+](C)(C)C)C(=O)O. The van der Waals surface area contributed by atoms with Gasteiger partial charge in [-0.25, -0.2) is 4.79 Å². The number of likely N-dealkylation sites (N-methyl/N-ethyl adjacent to an activating group) is 1. The molecule has 0 aromatic heterocycles. The minimum atomic E-state index is -1.51. The standard InChI is InChI=1S/C82H147NO8/c1-6-8-10-12-14-16-18-20-22-24-26-28-30-32-33-34-35-36-37-38-39-40-41-42-43-44-45-46-47-49-50-52-54-56-58-60-62-64-66-68-70-72-79(84)89-76-78(77-90-82(81(86)87)88-75-74-83(3,4)5)91-80(85)73-71-69-67-65-63-61-59-57-55-53-51-48-31-29-27-25-23-21-19-17-15-13-11-9-7-2/h9,11,15,17-18,20-21,23-24,26-27,29-30,32,78,82H,6-8,10,12-14,16,19,22,25,28,31,33-77H2,1-5H3/p+1/b11-9-,17-15-,20-18-,23-21-,26-24-,29-27-,32-30-. The maximum Gasteiger partial charge on any atom is 0.361 e. The molecule has 0 aliphatic heterocycles. The van der Waals surface area contributed by atoms with E-state index in [1.165, 1.54) is 257 Å². The van der Waals surface area contributed by atoms with Gasteiger partial charge in [-0.1, -0.05) is 343 Å². The fraction of sp³-hybridized carbons (Fsp3) is 0.793. The van der Waals surface area contributed by atoms with E-state index in [1.807, 2.05) is 21.1 Å². The number of carboxylic acid groups (broad SMARTS) is 1. The van der Waals surface area contributed by atoms with Gasteiger partial charge in [0.15, 0.2) is 6.10 Å². The third-order valence-corrected chi connectivity index (χ3v) is 17.1. The number of carbonyl (C=O) groups excluding carboxylic acids is 2. The Balaban J connectivity index is 3.96. The van der Waals surface area contributed by atoms with Crippen LogP contribution in [-0.4, -0.2) is 87.4 Å². The lowest BCUT2D eigenvalue weighted by Crippen LogP contribution is -2.40. The number of carboxylic acids is 1. The fourth-order valence-electron chi connectivity index (χ4n) is 11.3. The van der Waals surface area contributed by atoms with Crippen molar-refractivity contribution in [3.8, 4) is 0 Å². The zero-order valence-electron chi connectivity index (χ0n) is 60.5. The predicted molar refractivity (Wildman–Crippen MR) is 392 cm³/mol. The minimum Gasteiger partial charge on any atom is -0.477 e. The second-order valence-corrected chi connectivity index (χ2v) is 27.3. The number of hydrogen-bond donors (Lipinski definition) is 1. The molecule has 0 bridgehead atoms. The predicted octanol–water partition coefficient (Wildman–Crippen LogP) is 24.6. The summed E-state index contributed by atoms with van der Waals surface area (Å²) in [5.74, 6) is -1.99. The quantitative estimate of drug-likeness (QED) is 0.0211. The maximum absolute atomic E-state index is 13.0. The Kier molecular flexibility index (Phi) is 69.5. The molecule has 0 aromatic carbocycles. The van der Waals surface area contributed by atoms with E-state index in [0.717, 1.165) is 77.0 Å². The first kappa shape index (κ1) is 87.5. The van der Waals surface area contributed by atoms with E-state index in [1.54, 1.807) is 0 Å². The molecule has 1 N–H and O–H groups in total. The Morgan fingerprint density at radius 1 is 0.341 bits per heavy atom. The van der Waals surface area contributed by atoms with E-state index in [9.17, 15) is 19.5 Å². The second kappa shape index (κ2) is 72.3. The molecule has 9 heteroatoms. The summed E-state index contributed by atoms with van der Waals surface area (Å²) in [4.78, 5) is 37.7. The first-order chi connectivity index (χ1) is 44.6. The molecular weight excluding hydrogens is 1130 g/mol. The Bertz CT molecular complexity index is 1770. The van der Waals surface area contributed by atoms with Crippen molar-refractivity contribution in [3.05, 3.63) is 85.1 Å². The highest BCUT2D eigenvalue weighted by atomic mass is 16.7. The minimum absolute atomic E-state index is 0.181. The lowest BCUT2D eigenvalue weighted by Gasteiger charge is -2.25. The van der Waals surface area contributed by atoms with Gasteiger partial charge in [-0.15, -0.1) is 0 Å². The average molecular weight is 1280 g/mol. The monoisotopic (exact) mass is 1280 g/mol. The lowest BCUT2D eigenvalue weighted by molar-refractivity contribution is -0.870. The van der Waals surface area contributed by atoms with Gasteiger partial charge in [-0.3, -0.25) is 9.59 Å². The highest BCUT2D eigenvalue weighted by Crippen LogP contribution is 2.19. The van der Waals surface area contributed by atoms with Gasteiger partial charge >= 0.3 is 17.9 Å². The second-order valence-electron chi connectivity index (χ2n) is 27.3. The number of ether oxygens (including phenoxy) is 4. The van der Waals surface area contributed by atoms with Gasteiger partial charge in [-0.2, -0.15) is 0 Å².